The first-order chi connectivity index (χ1) is 5.68. The lowest BCUT2D eigenvalue weighted by atomic mass is 10.4. The van der Waals surface area contributed by atoms with E-state index in [1.807, 2.05) is 0 Å². The summed E-state index contributed by atoms with van der Waals surface area (Å²) in [7, 11) is 0. The Morgan fingerprint density at radius 3 is 3.08 bits per heavy atom. The molecule has 0 saturated carbocycles. The van der Waals surface area contributed by atoms with E-state index in [9.17, 15) is 4.39 Å². The average molecular weight is 186 g/mol. The lowest BCUT2D eigenvalue weighted by Gasteiger charge is -1.97. The van der Waals surface area contributed by atoms with E-state index >= 15 is 0 Å². The number of rotatable bonds is 0. The molecular formula is C7H5ClFN3. The van der Waals surface area contributed by atoms with E-state index in [0.29, 0.717) is 11.5 Å². The number of hydrogen-bond donors (Lipinski definition) is 1. The molecule has 0 bridgehead atoms. The van der Waals surface area contributed by atoms with Crippen molar-refractivity contribution in [2.24, 2.45) is 0 Å². The van der Waals surface area contributed by atoms with Gasteiger partial charge in [0.1, 0.15) is 11.6 Å². The summed E-state index contributed by atoms with van der Waals surface area (Å²) >= 11 is 5.70. The third-order valence-electron chi connectivity index (χ3n) is 1.56. The molecule has 2 aromatic heterocycles. The molecule has 0 fully saturated rings. The fourth-order valence-electron chi connectivity index (χ4n) is 1.03. The van der Waals surface area contributed by atoms with Crippen molar-refractivity contribution >= 4 is 23.1 Å². The van der Waals surface area contributed by atoms with Crippen LogP contribution in [0.15, 0.2) is 18.5 Å². The van der Waals surface area contributed by atoms with Crippen LogP contribution in [0.5, 0.6) is 0 Å². The zero-order valence-corrected chi connectivity index (χ0v) is 6.72. The van der Waals surface area contributed by atoms with Crippen molar-refractivity contribution in [2.45, 2.75) is 0 Å². The zero-order chi connectivity index (χ0) is 8.72. The molecule has 12 heavy (non-hydrogen) atoms. The Morgan fingerprint density at radius 2 is 2.33 bits per heavy atom. The van der Waals surface area contributed by atoms with Crippen molar-refractivity contribution in [1.82, 2.24) is 9.38 Å². The third kappa shape index (κ3) is 0.921. The fraction of sp³-hybridized carbons (Fsp3) is 0. The molecule has 2 N–H and O–H groups in total. The van der Waals surface area contributed by atoms with Gasteiger partial charge in [-0.3, -0.25) is 4.40 Å². The Bertz CT molecular complexity index is 437. The summed E-state index contributed by atoms with van der Waals surface area (Å²) in [5.74, 6) is -0.0661. The van der Waals surface area contributed by atoms with E-state index in [-0.39, 0.29) is 5.02 Å². The van der Waals surface area contributed by atoms with Crippen LogP contribution in [0.4, 0.5) is 10.2 Å². The van der Waals surface area contributed by atoms with Gasteiger partial charge in [-0.2, -0.15) is 0 Å². The Kier molecular flexibility index (Phi) is 1.44. The fourth-order valence-corrected chi connectivity index (χ4v) is 1.28. The van der Waals surface area contributed by atoms with Gasteiger partial charge in [0.15, 0.2) is 5.65 Å². The largest absolute Gasteiger partial charge is 0.383 e. The van der Waals surface area contributed by atoms with Crippen molar-refractivity contribution in [3.8, 4) is 0 Å². The predicted octanol–water partition coefficient (Wildman–Crippen LogP) is 1.71. The van der Waals surface area contributed by atoms with E-state index in [0.717, 1.165) is 0 Å². The van der Waals surface area contributed by atoms with Crippen LogP contribution in [0.1, 0.15) is 0 Å². The predicted molar refractivity (Wildman–Crippen MR) is 44.6 cm³/mol. The number of hydrogen-bond acceptors (Lipinski definition) is 2. The van der Waals surface area contributed by atoms with Gasteiger partial charge >= 0.3 is 0 Å². The summed E-state index contributed by atoms with van der Waals surface area (Å²) in [6.45, 7) is 0. The van der Waals surface area contributed by atoms with E-state index in [2.05, 4.69) is 4.98 Å². The number of nitrogens with two attached hydrogens (primary N) is 1. The molecule has 0 aromatic carbocycles. The highest BCUT2D eigenvalue weighted by atomic mass is 35.5. The van der Waals surface area contributed by atoms with Gasteiger partial charge in [-0.25, -0.2) is 9.37 Å². The number of nitrogens with zero attached hydrogens (tertiary/aromatic N) is 2. The highest BCUT2D eigenvalue weighted by Crippen LogP contribution is 2.19. The van der Waals surface area contributed by atoms with Crippen LogP contribution in [0.2, 0.25) is 5.02 Å². The molecule has 2 rings (SSSR count). The number of nitrogen functional groups attached to an aromatic ring is 1. The molecule has 2 heterocycles. The van der Waals surface area contributed by atoms with Gasteiger partial charge in [0, 0.05) is 6.20 Å². The van der Waals surface area contributed by atoms with Crippen LogP contribution in [-0.2, 0) is 0 Å². The van der Waals surface area contributed by atoms with Gasteiger partial charge < -0.3 is 5.73 Å². The minimum Gasteiger partial charge on any atom is -0.383 e. The van der Waals surface area contributed by atoms with Crippen LogP contribution < -0.4 is 5.73 Å². The summed E-state index contributed by atoms with van der Waals surface area (Å²) in [6, 6.07) is 1.20. The molecule has 0 atom stereocenters. The number of halogens is 2. The minimum atomic E-state index is -0.433. The monoisotopic (exact) mass is 185 g/mol. The van der Waals surface area contributed by atoms with E-state index < -0.39 is 5.82 Å². The second kappa shape index (κ2) is 2.35. The minimum absolute atomic E-state index is 0.256. The molecule has 62 valence electrons. The summed E-state index contributed by atoms with van der Waals surface area (Å²) in [4.78, 5) is 3.90. The molecule has 0 aliphatic carbocycles. The second-order valence-electron chi connectivity index (χ2n) is 2.38. The Labute approximate surface area is 72.6 Å². The molecule has 0 unspecified atom stereocenters. The van der Waals surface area contributed by atoms with Crippen molar-refractivity contribution in [3.05, 3.63) is 29.3 Å². The standard InChI is InChI=1S/C7H5ClFN3/c8-5-1-4(9)3-12-6(10)2-11-7(5)12/h1-3H,10H2. The quantitative estimate of drug-likeness (QED) is 0.679. The van der Waals surface area contributed by atoms with Gasteiger partial charge in [-0.05, 0) is 6.07 Å². The van der Waals surface area contributed by atoms with Crippen molar-refractivity contribution in [2.75, 3.05) is 5.73 Å². The maximum atomic E-state index is 12.8. The number of anilines is 1. The van der Waals surface area contributed by atoms with E-state index in [1.54, 1.807) is 0 Å². The number of imidazole rings is 1. The lowest BCUT2D eigenvalue weighted by molar-refractivity contribution is 0.619. The Morgan fingerprint density at radius 1 is 1.58 bits per heavy atom. The van der Waals surface area contributed by atoms with Crippen LogP contribution in [-0.4, -0.2) is 9.38 Å². The Hall–Kier alpha value is -1.29. The molecule has 3 nitrogen and oxygen atoms in total. The van der Waals surface area contributed by atoms with Gasteiger partial charge in [0.2, 0.25) is 0 Å². The number of fused-ring (bicyclic) bond motifs is 1. The Balaban J connectivity index is 2.92. The average Bonchev–Trinajstić information content (AvgIpc) is 2.33. The molecule has 0 aliphatic heterocycles. The van der Waals surface area contributed by atoms with Crippen molar-refractivity contribution in [1.29, 1.82) is 0 Å². The molecule has 0 saturated heterocycles. The molecular weight excluding hydrogens is 181 g/mol. The maximum absolute atomic E-state index is 12.8. The van der Waals surface area contributed by atoms with Gasteiger partial charge in [0.05, 0.1) is 11.2 Å². The first-order valence-electron chi connectivity index (χ1n) is 3.26. The molecule has 0 aliphatic rings. The highest BCUT2D eigenvalue weighted by Gasteiger charge is 2.05. The second-order valence-corrected chi connectivity index (χ2v) is 2.79. The topological polar surface area (TPSA) is 43.3 Å². The number of aromatic nitrogens is 2. The summed E-state index contributed by atoms with van der Waals surface area (Å²) in [5, 5.41) is 0.256. The van der Waals surface area contributed by atoms with E-state index in [1.165, 1.54) is 22.9 Å². The van der Waals surface area contributed by atoms with Crippen molar-refractivity contribution < 1.29 is 4.39 Å². The first kappa shape index (κ1) is 7.36. The summed E-state index contributed by atoms with van der Waals surface area (Å²) < 4.78 is 14.2. The smallest absolute Gasteiger partial charge is 0.157 e. The van der Waals surface area contributed by atoms with Gasteiger partial charge in [-0.1, -0.05) is 11.6 Å². The van der Waals surface area contributed by atoms with Gasteiger partial charge in [0.25, 0.3) is 0 Å². The lowest BCUT2D eigenvalue weighted by Crippen LogP contribution is -1.93. The van der Waals surface area contributed by atoms with E-state index in [4.69, 9.17) is 17.3 Å². The summed E-state index contributed by atoms with van der Waals surface area (Å²) in [6.07, 6.45) is 2.67. The third-order valence-corrected chi connectivity index (χ3v) is 1.83. The molecule has 5 heteroatoms. The van der Waals surface area contributed by atoms with Crippen molar-refractivity contribution in [3.63, 3.8) is 0 Å². The zero-order valence-electron chi connectivity index (χ0n) is 5.96. The molecule has 2 aromatic rings. The SMILES string of the molecule is Nc1cnc2c(Cl)cc(F)cn12. The van der Waals surface area contributed by atoms with Crippen LogP contribution >= 0.6 is 11.6 Å². The summed E-state index contributed by atoms with van der Waals surface area (Å²) in [5.41, 5.74) is 5.96. The normalized spacial score (nSPS) is 10.8. The first-order valence-corrected chi connectivity index (χ1v) is 3.64. The van der Waals surface area contributed by atoms with Crippen LogP contribution in [0.25, 0.3) is 5.65 Å². The van der Waals surface area contributed by atoms with Crippen LogP contribution in [0.3, 0.4) is 0 Å². The van der Waals surface area contributed by atoms with Gasteiger partial charge in [-0.15, -0.1) is 0 Å². The maximum Gasteiger partial charge on any atom is 0.157 e. The highest BCUT2D eigenvalue weighted by molar-refractivity contribution is 6.33. The molecule has 0 radical (unpaired) electrons. The van der Waals surface area contributed by atoms with Crippen LogP contribution in [0, 0.1) is 5.82 Å². The molecule has 0 spiro atoms. The molecule has 0 amide bonds. The number of pyridine rings is 1.